The van der Waals surface area contributed by atoms with Gasteiger partial charge >= 0.3 is 0 Å². The Bertz CT molecular complexity index is 396. The van der Waals surface area contributed by atoms with E-state index in [1.807, 2.05) is 0 Å². The Morgan fingerprint density at radius 2 is 2.12 bits per heavy atom. The number of nitrogens with one attached hydrogen (secondary N) is 1. The lowest BCUT2D eigenvalue weighted by molar-refractivity contribution is -0.119. The molecule has 0 radical (unpaired) electrons. The van der Waals surface area contributed by atoms with Gasteiger partial charge in [0, 0.05) is 11.1 Å². The van der Waals surface area contributed by atoms with Crippen LogP contribution in [0.3, 0.4) is 0 Å². The lowest BCUT2D eigenvalue weighted by Crippen LogP contribution is -2.34. The van der Waals surface area contributed by atoms with Crippen molar-refractivity contribution in [1.29, 1.82) is 0 Å². The van der Waals surface area contributed by atoms with E-state index in [-0.39, 0.29) is 28.6 Å². The van der Waals surface area contributed by atoms with Gasteiger partial charge in [0.2, 0.25) is 5.91 Å². The van der Waals surface area contributed by atoms with Gasteiger partial charge < -0.3 is 11.1 Å². The summed E-state index contributed by atoms with van der Waals surface area (Å²) in [4.78, 5) is 11.6. The monoisotopic (exact) mass is 244 g/mol. The molecule has 3 nitrogen and oxygen atoms in total. The van der Waals surface area contributed by atoms with Gasteiger partial charge in [0.1, 0.15) is 5.82 Å². The Hall–Kier alpha value is -1.13. The van der Waals surface area contributed by atoms with Crippen molar-refractivity contribution in [2.75, 3.05) is 5.32 Å². The van der Waals surface area contributed by atoms with E-state index in [1.54, 1.807) is 13.8 Å². The van der Waals surface area contributed by atoms with Gasteiger partial charge in [-0.05, 0) is 25.1 Å². The van der Waals surface area contributed by atoms with Crippen LogP contribution in [0, 0.1) is 11.7 Å². The summed E-state index contributed by atoms with van der Waals surface area (Å²) in [6, 6.07) is 3.80. The van der Waals surface area contributed by atoms with Gasteiger partial charge in [-0.2, -0.15) is 0 Å². The fourth-order valence-electron chi connectivity index (χ4n) is 1.08. The van der Waals surface area contributed by atoms with Crippen LogP contribution in [0.25, 0.3) is 0 Å². The number of rotatable bonds is 3. The molecule has 0 fully saturated rings. The highest BCUT2D eigenvalue weighted by Gasteiger charge is 2.18. The number of nitrogens with two attached hydrogens (primary N) is 1. The fraction of sp³-hybridized carbons (Fsp3) is 0.364. The molecule has 0 spiro atoms. The highest BCUT2D eigenvalue weighted by atomic mass is 35.5. The van der Waals surface area contributed by atoms with Crippen LogP contribution in [0.1, 0.15) is 13.8 Å². The maximum absolute atomic E-state index is 13.3. The summed E-state index contributed by atoms with van der Waals surface area (Å²) >= 11 is 5.59. The summed E-state index contributed by atoms with van der Waals surface area (Å²) < 4.78 is 13.3. The van der Waals surface area contributed by atoms with Crippen molar-refractivity contribution in [3.63, 3.8) is 0 Å². The van der Waals surface area contributed by atoms with E-state index in [1.165, 1.54) is 12.1 Å². The van der Waals surface area contributed by atoms with Gasteiger partial charge in [0.25, 0.3) is 0 Å². The molecular weight excluding hydrogens is 231 g/mol. The standard InChI is InChI=1S/C11H14ClFN2O/c1-6(7(2)14)11(16)15-10-4-3-8(12)5-9(10)13/h3-7H,14H2,1-2H3,(H,15,16). The molecule has 0 saturated carbocycles. The van der Waals surface area contributed by atoms with Crippen LogP contribution in [0.5, 0.6) is 0 Å². The number of carbonyl (C=O) groups is 1. The first kappa shape index (κ1) is 12.9. The number of hydrogen-bond acceptors (Lipinski definition) is 2. The van der Waals surface area contributed by atoms with Crippen LogP contribution in [-0.4, -0.2) is 11.9 Å². The van der Waals surface area contributed by atoms with Gasteiger partial charge in [-0.15, -0.1) is 0 Å². The molecule has 0 aliphatic rings. The second-order valence-corrected chi connectivity index (χ2v) is 4.20. The van der Waals surface area contributed by atoms with Crippen molar-refractivity contribution in [3.8, 4) is 0 Å². The predicted molar refractivity (Wildman–Crippen MR) is 62.9 cm³/mol. The van der Waals surface area contributed by atoms with E-state index in [4.69, 9.17) is 17.3 Å². The third-order valence-corrected chi connectivity index (χ3v) is 2.63. The van der Waals surface area contributed by atoms with Gasteiger partial charge in [-0.1, -0.05) is 18.5 Å². The molecule has 0 aromatic heterocycles. The van der Waals surface area contributed by atoms with Gasteiger partial charge in [0.05, 0.1) is 11.6 Å². The lowest BCUT2D eigenvalue weighted by Gasteiger charge is -2.15. The van der Waals surface area contributed by atoms with E-state index < -0.39 is 5.82 Å². The first-order chi connectivity index (χ1) is 7.41. The third-order valence-electron chi connectivity index (χ3n) is 2.39. The SMILES string of the molecule is CC(N)C(C)C(=O)Nc1ccc(Cl)cc1F. The maximum atomic E-state index is 13.3. The van der Waals surface area contributed by atoms with Gasteiger partial charge in [-0.3, -0.25) is 4.79 Å². The molecule has 0 heterocycles. The number of carbonyl (C=O) groups excluding carboxylic acids is 1. The Kier molecular flexibility index (Phi) is 4.26. The molecule has 0 aliphatic heterocycles. The first-order valence-corrected chi connectivity index (χ1v) is 5.31. The number of halogens is 2. The van der Waals surface area contributed by atoms with Crippen molar-refractivity contribution in [3.05, 3.63) is 29.0 Å². The van der Waals surface area contributed by atoms with E-state index in [0.717, 1.165) is 6.07 Å². The zero-order chi connectivity index (χ0) is 12.3. The van der Waals surface area contributed by atoms with Crippen LogP contribution in [0.4, 0.5) is 10.1 Å². The van der Waals surface area contributed by atoms with E-state index in [2.05, 4.69) is 5.32 Å². The third kappa shape index (κ3) is 3.18. The van der Waals surface area contributed by atoms with E-state index in [9.17, 15) is 9.18 Å². The first-order valence-electron chi connectivity index (χ1n) is 4.93. The predicted octanol–water partition coefficient (Wildman–Crippen LogP) is 2.40. The summed E-state index contributed by atoms with van der Waals surface area (Å²) in [6.45, 7) is 3.41. The highest BCUT2D eigenvalue weighted by molar-refractivity contribution is 6.30. The van der Waals surface area contributed by atoms with Crippen molar-refractivity contribution < 1.29 is 9.18 Å². The van der Waals surface area contributed by atoms with Crippen LogP contribution in [0.2, 0.25) is 5.02 Å². The van der Waals surface area contributed by atoms with Crippen molar-refractivity contribution in [1.82, 2.24) is 0 Å². The minimum absolute atomic E-state index is 0.113. The minimum Gasteiger partial charge on any atom is -0.327 e. The Balaban J connectivity index is 2.77. The highest BCUT2D eigenvalue weighted by Crippen LogP contribution is 2.19. The number of amides is 1. The second kappa shape index (κ2) is 5.27. The molecule has 88 valence electrons. The largest absolute Gasteiger partial charge is 0.327 e. The molecule has 3 N–H and O–H groups in total. The topological polar surface area (TPSA) is 55.1 Å². The van der Waals surface area contributed by atoms with Crippen LogP contribution in [-0.2, 0) is 4.79 Å². The summed E-state index contributed by atoms with van der Waals surface area (Å²) in [5.41, 5.74) is 5.69. The average molecular weight is 245 g/mol. The number of benzene rings is 1. The minimum atomic E-state index is -0.558. The summed E-state index contributed by atoms with van der Waals surface area (Å²) in [5.74, 6) is -1.25. The molecular formula is C11H14ClFN2O. The van der Waals surface area contributed by atoms with E-state index >= 15 is 0 Å². The Labute approximate surface area is 98.8 Å². The van der Waals surface area contributed by atoms with Gasteiger partial charge in [0.15, 0.2) is 0 Å². The van der Waals surface area contributed by atoms with Crippen molar-refractivity contribution in [2.45, 2.75) is 19.9 Å². The average Bonchev–Trinajstić information content (AvgIpc) is 2.20. The summed E-state index contributed by atoms with van der Waals surface area (Å²) in [6.07, 6.45) is 0. The van der Waals surface area contributed by atoms with Crippen molar-refractivity contribution >= 4 is 23.2 Å². The summed E-state index contributed by atoms with van der Waals surface area (Å²) in [5, 5.41) is 2.75. The lowest BCUT2D eigenvalue weighted by atomic mass is 10.0. The zero-order valence-electron chi connectivity index (χ0n) is 9.13. The quantitative estimate of drug-likeness (QED) is 0.858. The summed E-state index contributed by atoms with van der Waals surface area (Å²) in [7, 11) is 0. The second-order valence-electron chi connectivity index (χ2n) is 3.76. The van der Waals surface area contributed by atoms with Crippen LogP contribution >= 0.6 is 11.6 Å². The molecule has 2 atom stereocenters. The maximum Gasteiger partial charge on any atom is 0.228 e. The van der Waals surface area contributed by atoms with E-state index in [0.29, 0.717) is 0 Å². The molecule has 16 heavy (non-hydrogen) atoms. The molecule has 2 unspecified atom stereocenters. The fourth-order valence-corrected chi connectivity index (χ4v) is 1.23. The molecule has 1 aromatic rings. The van der Waals surface area contributed by atoms with Crippen LogP contribution in [0.15, 0.2) is 18.2 Å². The molecule has 1 aromatic carbocycles. The molecule has 0 bridgehead atoms. The normalized spacial score (nSPS) is 14.3. The Morgan fingerprint density at radius 1 is 1.50 bits per heavy atom. The van der Waals surface area contributed by atoms with Crippen LogP contribution < -0.4 is 11.1 Å². The zero-order valence-corrected chi connectivity index (χ0v) is 9.88. The molecule has 0 aliphatic carbocycles. The molecule has 5 heteroatoms. The number of anilines is 1. The van der Waals surface area contributed by atoms with Gasteiger partial charge in [-0.25, -0.2) is 4.39 Å². The molecule has 0 saturated heterocycles. The Morgan fingerprint density at radius 3 is 2.62 bits per heavy atom. The van der Waals surface area contributed by atoms with Crippen molar-refractivity contribution in [2.24, 2.45) is 11.7 Å². The smallest absolute Gasteiger partial charge is 0.228 e. The number of hydrogen-bond donors (Lipinski definition) is 2. The molecule has 1 amide bonds. The molecule has 1 rings (SSSR count).